The molecule has 112 valence electrons. The summed E-state index contributed by atoms with van der Waals surface area (Å²) in [5.41, 5.74) is -0.0213. The van der Waals surface area contributed by atoms with Gasteiger partial charge in [0.05, 0.1) is 28.9 Å². The molecule has 0 saturated carbocycles. The number of hydrogen-bond acceptors (Lipinski definition) is 3. The molecule has 1 amide bonds. The van der Waals surface area contributed by atoms with E-state index >= 15 is 0 Å². The first-order valence-electron chi connectivity index (χ1n) is 6.57. The van der Waals surface area contributed by atoms with Gasteiger partial charge in [-0.15, -0.1) is 0 Å². The van der Waals surface area contributed by atoms with Gasteiger partial charge in [-0.05, 0) is 25.0 Å². The quantitative estimate of drug-likeness (QED) is 0.724. The molecule has 0 spiro atoms. The van der Waals surface area contributed by atoms with E-state index in [1.807, 2.05) is 13.8 Å². The van der Waals surface area contributed by atoms with E-state index in [-0.39, 0.29) is 19.1 Å². The third kappa shape index (κ3) is 4.35. The molecule has 3 N–H and O–H groups in total. The highest BCUT2D eigenvalue weighted by Gasteiger charge is 2.25. The number of halogens is 2. The van der Waals surface area contributed by atoms with E-state index in [4.69, 9.17) is 23.2 Å². The topological polar surface area (TPSA) is 61.4 Å². The lowest BCUT2D eigenvalue weighted by Gasteiger charge is -2.30. The van der Waals surface area contributed by atoms with Crippen LogP contribution in [0, 0.1) is 0 Å². The molecule has 0 radical (unpaired) electrons. The third-order valence-electron chi connectivity index (χ3n) is 3.51. The summed E-state index contributed by atoms with van der Waals surface area (Å²) < 4.78 is 0. The molecule has 0 aliphatic heterocycles. The van der Waals surface area contributed by atoms with Crippen molar-refractivity contribution in [2.45, 2.75) is 32.2 Å². The maximum absolute atomic E-state index is 11.9. The Kier molecular flexibility index (Phi) is 6.76. The molecule has 0 fully saturated rings. The smallest absolute Gasteiger partial charge is 0.238 e. The minimum absolute atomic E-state index is 0.0138. The second-order valence-electron chi connectivity index (χ2n) is 4.64. The van der Waals surface area contributed by atoms with Crippen LogP contribution < -0.4 is 10.6 Å². The van der Waals surface area contributed by atoms with E-state index in [1.165, 1.54) is 0 Å². The number of carbonyl (C=O) groups excluding carboxylic acids is 1. The normalized spacial score (nSPS) is 11.4. The minimum Gasteiger partial charge on any atom is -0.394 e. The fourth-order valence-electron chi connectivity index (χ4n) is 1.85. The summed E-state index contributed by atoms with van der Waals surface area (Å²) in [4.78, 5) is 11.9. The first-order chi connectivity index (χ1) is 9.48. The van der Waals surface area contributed by atoms with Crippen LogP contribution in [0.4, 0.5) is 5.69 Å². The predicted octanol–water partition coefficient (Wildman–Crippen LogP) is 3.07. The molecule has 20 heavy (non-hydrogen) atoms. The summed E-state index contributed by atoms with van der Waals surface area (Å²) in [5.74, 6) is -0.250. The number of para-hydroxylation sites is 1. The van der Waals surface area contributed by atoms with Crippen LogP contribution in [0.3, 0.4) is 0 Å². The van der Waals surface area contributed by atoms with Gasteiger partial charge < -0.3 is 15.7 Å². The summed E-state index contributed by atoms with van der Waals surface area (Å²) in [6.07, 6.45) is 1.47. The molecule has 0 saturated heterocycles. The molecule has 0 aliphatic rings. The summed E-state index contributed by atoms with van der Waals surface area (Å²) in [7, 11) is 0. The van der Waals surface area contributed by atoms with Crippen molar-refractivity contribution in [3.63, 3.8) is 0 Å². The molecular formula is C14H20Cl2N2O2. The molecule has 0 bridgehead atoms. The molecule has 0 aliphatic carbocycles. The van der Waals surface area contributed by atoms with E-state index in [0.29, 0.717) is 15.7 Å². The third-order valence-corrected chi connectivity index (χ3v) is 4.14. The second-order valence-corrected chi connectivity index (χ2v) is 5.46. The Morgan fingerprint density at radius 2 is 1.80 bits per heavy atom. The van der Waals surface area contributed by atoms with Gasteiger partial charge in [-0.1, -0.05) is 43.1 Å². The maximum Gasteiger partial charge on any atom is 0.238 e. The van der Waals surface area contributed by atoms with Crippen molar-refractivity contribution in [2.75, 3.05) is 18.5 Å². The monoisotopic (exact) mass is 318 g/mol. The van der Waals surface area contributed by atoms with Crippen LogP contribution in [-0.4, -0.2) is 29.7 Å². The molecule has 1 rings (SSSR count). The zero-order valence-electron chi connectivity index (χ0n) is 11.7. The number of benzene rings is 1. The fraction of sp³-hybridized carbons (Fsp3) is 0.500. The van der Waals surface area contributed by atoms with Crippen molar-refractivity contribution >= 4 is 34.8 Å². The van der Waals surface area contributed by atoms with Crippen LogP contribution >= 0.6 is 23.2 Å². The first-order valence-corrected chi connectivity index (χ1v) is 7.33. The van der Waals surface area contributed by atoms with Gasteiger partial charge >= 0.3 is 0 Å². The molecular weight excluding hydrogens is 299 g/mol. The van der Waals surface area contributed by atoms with E-state index in [0.717, 1.165) is 12.8 Å². The van der Waals surface area contributed by atoms with Crippen LogP contribution in [0.1, 0.15) is 26.7 Å². The lowest BCUT2D eigenvalue weighted by atomic mass is 9.94. The number of rotatable bonds is 7. The van der Waals surface area contributed by atoms with Gasteiger partial charge in [0.15, 0.2) is 0 Å². The van der Waals surface area contributed by atoms with Gasteiger partial charge in [-0.2, -0.15) is 0 Å². The lowest BCUT2D eigenvalue weighted by Crippen LogP contribution is -2.50. The lowest BCUT2D eigenvalue weighted by molar-refractivity contribution is -0.115. The Bertz CT molecular complexity index is 434. The van der Waals surface area contributed by atoms with Gasteiger partial charge in [0, 0.05) is 5.54 Å². The summed E-state index contributed by atoms with van der Waals surface area (Å²) in [6, 6.07) is 5.03. The maximum atomic E-state index is 11.9. The average Bonchev–Trinajstić information content (AvgIpc) is 2.45. The van der Waals surface area contributed by atoms with E-state index in [9.17, 15) is 9.90 Å². The number of carbonyl (C=O) groups is 1. The number of anilines is 1. The standard InChI is InChI=1S/C14H20Cl2N2O2/c1-3-14(4-2,9-19)17-8-12(20)18-13-10(15)6-5-7-11(13)16/h5-7,17,19H,3-4,8-9H2,1-2H3,(H,18,20). The largest absolute Gasteiger partial charge is 0.394 e. The Morgan fingerprint density at radius 1 is 1.25 bits per heavy atom. The Labute approximate surface area is 129 Å². The summed E-state index contributed by atoms with van der Waals surface area (Å²) in [6.45, 7) is 4.01. The van der Waals surface area contributed by atoms with Crippen molar-refractivity contribution in [3.05, 3.63) is 28.2 Å². The predicted molar refractivity (Wildman–Crippen MR) is 83.5 cm³/mol. The van der Waals surface area contributed by atoms with Crippen molar-refractivity contribution in [3.8, 4) is 0 Å². The molecule has 6 heteroatoms. The van der Waals surface area contributed by atoms with Gasteiger partial charge in [0.25, 0.3) is 0 Å². The van der Waals surface area contributed by atoms with Crippen LogP contribution in [0.15, 0.2) is 18.2 Å². The zero-order valence-corrected chi connectivity index (χ0v) is 13.2. The molecule has 1 aromatic carbocycles. The number of aliphatic hydroxyl groups is 1. The van der Waals surface area contributed by atoms with Crippen LogP contribution in [0.5, 0.6) is 0 Å². The molecule has 0 unspecified atom stereocenters. The average molecular weight is 319 g/mol. The number of amides is 1. The Morgan fingerprint density at radius 3 is 2.25 bits per heavy atom. The van der Waals surface area contributed by atoms with E-state index < -0.39 is 5.54 Å². The van der Waals surface area contributed by atoms with Gasteiger partial charge in [0.2, 0.25) is 5.91 Å². The van der Waals surface area contributed by atoms with Crippen LogP contribution in [0.25, 0.3) is 0 Å². The SMILES string of the molecule is CCC(CC)(CO)NCC(=O)Nc1c(Cl)cccc1Cl. The number of nitrogens with one attached hydrogen (secondary N) is 2. The highest BCUT2D eigenvalue weighted by molar-refractivity contribution is 6.39. The number of aliphatic hydroxyl groups excluding tert-OH is 1. The summed E-state index contributed by atoms with van der Waals surface area (Å²) in [5, 5.41) is 16.0. The molecule has 0 aromatic heterocycles. The first kappa shape index (κ1) is 17.2. The molecule has 4 nitrogen and oxygen atoms in total. The zero-order chi connectivity index (χ0) is 15.2. The van der Waals surface area contributed by atoms with Gasteiger partial charge in [0.1, 0.15) is 0 Å². The molecule has 1 aromatic rings. The Balaban J connectivity index is 2.65. The number of hydrogen-bond donors (Lipinski definition) is 3. The van der Waals surface area contributed by atoms with Gasteiger partial charge in [-0.3, -0.25) is 4.79 Å². The van der Waals surface area contributed by atoms with E-state index in [2.05, 4.69) is 10.6 Å². The van der Waals surface area contributed by atoms with Crippen molar-refractivity contribution in [1.82, 2.24) is 5.32 Å². The Hall–Kier alpha value is -0.810. The minimum atomic E-state index is -0.429. The fourth-order valence-corrected chi connectivity index (χ4v) is 2.34. The molecule has 0 heterocycles. The highest BCUT2D eigenvalue weighted by atomic mass is 35.5. The second kappa shape index (κ2) is 7.84. The van der Waals surface area contributed by atoms with Gasteiger partial charge in [-0.25, -0.2) is 0 Å². The van der Waals surface area contributed by atoms with Crippen LogP contribution in [-0.2, 0) is 4.79 Å². The highest BCUT2D eigenvalue weighted by Crippen LogP contribution is 2.29. The van der Waals surface area contributed by atoms with Crippen molar-refractivity contribution in [2.24, 2.45) is 0 Å². The molecule has 0 atom stereocenters. The van der Waals surface area contributed by atoms with Crippen molar-refractivity contribution < 1.29 is 9.90 Å². The van der Waals surface area contributed by atoms with E-state index in [1.54, 1.807) is 18.2 Å². The van der Waals surface area contributed by atoms with Crippen molar-refractivity contribution in [1.29, 1.82) is 0 Å². The summed E-state index contributed by atoms with van der Waals surface area (Å²) >= 11 is 12.0. The van der Waals surface area contributed by atoms with Crippen LogP contribution in [0.2, 0.25) is 10.0 Å².